The van der Waals surface area contributed by atoms with Gasteiger partial charge in [0.2, 0.25) is 29.5 Å². The smallest absolute Gasteiger partial charge is 0.256 e. The minimum absolute atomic E-state index is 0.0298. The number of hydrazine groups is 1. The number of hydrogen-bond acceptors (Lipinski definition) is 9. The van der Waals surface area contributed by atoms with Crippen LogP contribution < -0.4 is 38.3 Å². The average Bonchev–Trinajstić information content (AvgIpc) is 3.53. The van der Waals surface area contributed by atoms with Crippen LogP contribution in [0, 0.1) is 5.92 Å². The number of amides is 6. The van der Waals surface area contributed by atoms with E-state index in [1.54, 1.807) is 0 Å². The van der Waals surface area contributed by atoms with Gasteiger partial charge in [-0.05, 0) is 59.1 Å². The van der Waals surface area contributed by atoms with Gasteiger partial charge in [-0.1, -0.05) is 86.6 Å². The zero-order chi connectivity index (χ0) is 39.2. The lowest BCUT2D eigenvalue weighted by atomic mass is 9.97. The van der Waals surface area contributed by atoms with Gasteiger partial charge >= 0.3 is 0 Å². The maximum Gasteiger partial charge on any atom is 0.256 e. The molecule has 0 spiro atoms. The Morgan fingerprint density at radius 3 is 2.17 bits per heavy atom. The van der Waals surface area contributed by atoms with Gasteiger partial charge in [-0.15, -0.1) is 0 Å². The summed E-state index contributed by atoms with van der Waals surface area (Å²) in [6.45, 7) is 3.72. The Kier molecular flexibility index (Phi) is 15.8. The Hall–Kier alpha value is -4.99. The third-order valence-corrected chi connectivity index (χ3v) is 10.0. The Balaban J connectivity index is 1.53. The first-order valence-corrected chi connectivity index (χ1v) is 19.6. The summed E-state index contributed by atoms with van der Waals surface area (Å²) in [5.41, 5.74) is 9.29. The van der Waals surface area contributed by atoms with Crippen molar-refractivity contribution in [1.29, 1.82) is 0 Å². The number of benzene rings is 3. The average molecular weight is 761 g/mol. The number of carbonyl (C=O) groups is 6. The van der Waals surface area contributed by atoms with E-state index in [4.69, 9.17) is 11.6 Å². The molecule has 1 saturated heterocycles. The van der Waals surface area contributed by atoms with E-state index < -0.39 is 65.7 Å². The number of likely N-dealkylation sites (tertiary alicyclic amines) is 1. The van der Waals surface area contributed by atoms with Crippen LogP contribution in [0.2, 0.25) is 0 Å². The fourth-order valence-corrected chi connectivity index (χ4v) is 7.07. The third-order valence-electron chi connectivity index (χ3n) is 9.37. The zero-order valence-corrected chi connectivity index (χ0v) is 31.8. The molecule has 0 bridgehead atoms. The van der Waals surface area contributed by atoms with Crippen molar-refractivity contribution >= 4 is 58.0 Å². The molecular formula is C39H52N8O6S. The van der Waals surface area contributed by atoms with Gasteiger partial charge in [0.05, 0.1) is 6.54 Å². The predicted octanol–water partition coefficient (Wildman–Crippen LogP) is 0.913. The highest BCUT2D eigenvalue weighted by Gasteiger charge is 2.41. The lowest BCUT2D eigenvalue weighted by Gasteiger charge is -2.30. The maximum atomic E-state index is 14.0. The number of nitrogens with one attached hydrogen (secondary N) is 5. The summed E-state index contributed by atoms with van der Waals surface area (Å²) in [6, 6.07) is 17.6. The molecule has 14 nitrogen and oxygen atoms in total. The monoisotopic (exact) mass is 760 g/mol. The zero-order valence-electron chi connectivity index (χ0n) is 31.0. The molecular weight excluding hydrogens is 709 g/mol. The van der Waals surface area contributed by atoms with Gasteiger partial charge < -0.3 is 31.9 Å². The molecule has 290 valence electrons. The van der Waals surface area contributed by atoms with Crippen molar-refractivity contribution < 1.29 is 28.8 Å². The summed E-state index contributed by atoms with van der Waals surface area (Å²) in [4.78, 5) is 81.9. The van der Waals surface area contributed by atoms with E-state index in [2.05, 4.69) is 26.7 Å². The molecule has 6 amide bonds. The molecule has 0 radical (unpaired) electrons. The molecule has 1 aliphatic heterocycles. The van der Waals surface area contributed by atoms with Gasteiger partial charge in [0, 0.05) is 19.4 Å². The molecule has 0 aromatic heterocycles. The van der Waals surface area contributed by atoms with Crippen LogP contribution in [0.1, 0.15) is 44.2 Å². The van der Waals surface area contributed by atoms with E-state index >= 15 is 0 Å². The van der Waals surface area contributed by atoms with Gasteiger partial charge in [-0.25, -0.2) is 5.84 Å². The number of fused-ring (bicyclic) bond motifs is 1. The van der Waals surface area contributed by atoms with Crippen LogP contribution in [0.3, 0.4) is 0 Å². The second-order valence-corrected chi connectivity index (χ2v) is 14.8. The summed E-state index contributed by atoms with van der Waals surface area (Å²) in [5.74, 6) is 2.83. The Bertz CT molecular complexity index is 1770. The van der Waals surface area contributed by atoms with E-state index in [9.17, 15) is 28.8 Å². The predicted molar refractivity (Wildman–Crippen MR) is 209 cm³/mol. The summed E-state index contributed by atoms with van der Waals surface area (Å²) >= 11 is 1.52. The summed E-state index contributed by atoms with van der Waals surface area (Å²) in [6.07, 6.45) is 3.04. The van der Waals surface area contributed by atoms with Crippen molar-refractivity contribution in [2.45, 2.75) is 76.2 Å². The lowest BCUT2D eigenvalue weighted by molar-refractivity contribution is -0.141. The number of nitrogens with zero attached hydrogens (tertiary/aromatic N) is 1. The van der Waals surface area contributed by atoms with E-state index in [-0.39, 0.29) is 38.3 Å². The first kappa shape index (κ1) is 41.8. The largest absolute Gasteiger partial charge is 0.343 e. The minimum Gasteiger partial charge on any atom is -0.343 e. The van der Waals surface area contributed by atoms with Crippen molar-refractivity contribution in [3.63, 3.8) is 0 Å². The van der Waals surface area contributed by atoms with Crippen molar-refractivity contribution in [3.05, 3.63) is 83.9 Å². The molecule has 1 aliphatic rings. The molecule has 54 heavy (non-hydrogen) atoms. The van der Waals surface area contributed by atoms with Crippen LogP contribution >= 0.6 is 11.8 Å². The molecule has 0 unspecified atom stereocenters. The van der Waals surface area contributed by atoms with Crippen molar-refractivity contribution in [2.24, 2.45) is 17.5 Å². The Morgan fingerprint density at radius 2 is 1.48 bits per heavy atom. The molecule has 1 fully saturated rings. The fraction of sp³-hybridized carbons (Fsp3) is 0.436. The quantitative estimate of drug-likeness (QED) is 0.0524. The minimum atomic E-state index is -1.12. The normalized spacial score (nSPS) is 16.3. The molecule has 3 aromatic carbocycles. The summed E-state index contributed by atoms with van der Waals surface area (Å²) < 4.78 is 0. The van der Waals surface area contributed by atoms with Gasteiger partial charge in [-0.2, -0.15) is 11.8 Å². The number of rotatable bonds is 19. The van der Waals surface area contributed by atoms with E-state index in [1.807, 2.05) is 92.9 Å². The van der Waals surface area contributed by atoms with Gasteiger partial charge in [0.1, 0.15) is 30.2 Å². The molecule has 5 atom stereocenters. The summed E-state index contributed by atoms with van der Waals surface area (Å²) in [7, 11) is 0. The van der Waals surface area contributed by atoms with E-state index in [1.165, 1.54) is 16.7 Å². The van der Waals surface area contributed by atoms with Crippen LogP contribution in [0.5, 0.6) is 0 Å². The van der Waals surface area contributed by atoms with Crippen LogP contribution in [0.25, 0.3) is 10.8 Å². The fourth-order valence-electron chi connectivity index (χ4n) is 6.60. The van der Waals surface area contributed by atoms with Crippen molar-refractivity contribution in [1.82, 2.24) is 31.6 Å². The number of thioether (sulfide) groups is 1. The SMILES string of the molecule is CSCC[C@H](NC(=O)[C@H](CC(C)C)N1CC[C@@H](NC(=O)[C@H](Cc2ccccc2)NC(=O)[C@H](Cc2cccc3ccccc23)NC(=O)CN)C1=O)C(=O)NN. The van der Waals surface area contributed by atoms with Gasteiger partial charge in [0.25, 0.3) is 5.91 Å². The van der Waals surface area contributed by atoms with E-state index in [0.29, 0.717) is 18.6 Å². The summed E-state index contributed by atoms with van der Waals surface area (Å²) in [5, 5.41) is 13.0. The number of nitrogens with two attached hydrogens (primary N) is 2. The van der Waals surface area contributed by atoms with Crippen LogP contribution in [0.15, 0.2) is 72.8 Å². The molecule has 4 rings (SSSR count). The second-order valence-electron chi connectivity index (χ2n) is 13.8. The standard InChI is InChI=1S/C39H52N8O6S/c1-24(2)20-33(38(52)43-29(17-19-54-3)37(51)46-41)47-18-16-30(39(47)53)44-35(49)31(21-25-10-5-4-6-11-25)45-36(50)32(42-34(48)23-40)22-27-14-9-13-26-12-7-8-15-28(26)27/h4-15,24,29-33H,16-23,40-41H2,1-3H3,(H,42,48)(H,43,52)(H,44,49)(H,45,50)(H,46,51)/t29-,30+,31-,32-,33-/m0/s1. The molecule has 0 saturated carbocycles. The molecule has 0 aliphatic carbocycles. The molecule has 9 N–H and O–H groups in total. The molecule has 1 heterocycles. The maximum absolute atomic E-state index is 14.0. The Morgan fingerprint density at radius 1 is 0.815 bits per heavy atom. The highest BCUT2D eigenvalue weighted by Crippen LogP contribution is 2.22. The topological polar surface area (TPSA) is 218 Å². The second kappa shape index (κ2) is 20.5. The first-order valence-electron chi connectivity index (χ1n) is 18.2. The highest BCUT2D eigenvalue weighted by molar-refractivity contribution is 7.98. The molecule has 15 heteroatoms. The van der Waals surface area contributed by atoms with Crippen LogP contribution in [0.4, 0.5) is 0 Å². The Labute approximate surface area is 320 Å². The number of hydrogen-bond donors (Lipinski definition) is 7. The number of carbonyl (C=O) groups excluding carboxylic acids is 6. The highest BCUT2D eigenvalue weighted by atomic mass is 32.2. The van der Waals surface area contributed by atoms with Crippen molar-refractivity contribution in [2.75, 3.05) is 25.1 Å². The third kappa shape index (κ3) is 11.5. The van der Waals surface area contributed by atoms with Crippen LogP contribution in [-0.2, 0) is 41.6 Å². The molecule has 3 aromatic rings. The van der Waals surface area contributed by atoms with Crippen molar-refractivity contribution in [3.8, 4) is 0 Å². The van der Waals surface area contributed by atoms with E-state index in [0.717, 1.165) is 21.9 Å². The first-order chi connectivity index (χ1) is 25.9. The van der Waals surface area contributed by atoms with Gasteiger partial charge in [-0.3, -0.25) is 34.2 Å². The van der Waals surface area contributed by atoms with Crippen LogP contribution in [-0.4, -0.2) is 95.7 Å². The lowest BCUT2D eigenvalue weighted by Crippen LogP contribution is -2.58. The van der Waals surface area contributed by atoms with Gasteiger partial charge in [0.15, 0.2) is 0 Å².